The molecule has 2 aromatic carbocycles. The third kappa shape index (κ3) is 2.75. The number of aromatic nitrogens is 1. The Bertz CT molecular complexity index is 1110. The average molecular weight is 364 g/mol. The van der Waals surface area contributed by atoms with E-state index in [1.807, 2.05) is 25.1 Å². The summed E-state index contributed by atoms with van der Waals surface area (Å²) in [7, 11) is 0. The number of pyridine rings is 1. The molecule has 4 rings (SSSR count). The second-order valence-corrected chi connectivity index (χ2v) is 6.35. The third-order valence-electron chi connectivity index (χ3n) is 4.60. The van der Waals surface area contributed by atoms with Crippen LogP contribution in [-0.4, -0.2) is 23.7 Å². The summed E-state index contributed by atoms with van der Waals surface area (Å²) >= 11 is 0. The second-order valence-electron chi connectivity index (χ2n) is 6.35. The zero-order valence-electron chi connectivity index (χ0n) is 14.4. The van der Waals surface area contributed by atoms with E-state index in [1.54, 1.807) is 12.4 Å². The maximum atomic E-state index is 13.6. The smallest absolute Gasteiger partial charge is 0.287 e. The van der Waals surface area contributed by atoms with Crippen LogP contribution in [0.3, 0.4) is 0 Å². The van der Waals surface area contributed by atoms with Crippen molar-refractivity contribution in [1.82, 2.24) is 4.98 Å². The van der Waals surface area contributed by atoms with E-state index in [1.165, 1.54) is 15.9 Å². The number of rotatable bonds is 2. The Kier molecular flexibility index (Phi) is 3.96. The molecule has 1 saturated heterocycles. The van der Waals surface area contributed by atoms with Crippen molar-refractivity contribution in [1.29, 1.82) is 0 Å². The molecule has 0 spiro atoms. The van der Waals surface area contributed by atoms with Crippen molar-refractivity contribution in [2.75, 3.05) is 16.3 Å². The van der Waals surface area contributed by atoms with Crippen LogP contribution in [0.15, 0.2) is 48.8 Å². The lowest BCUT2D eigenvalue weighted by Crippen LogP contribution is -2.34. The SMILES string of the molecule is [C-]#[N+]C1CN(c2ccc(F)c(F)c2)C(=O)N1c1cncc2ccc(C)cc12. The summed E-state index contributed by atoms with van der Waals surface area (Å²) in [5, 5.41) is 1.65. The molecular weight excluding hydrogens is 350 g/mol. The van der Waals surface area contributed by atoms with Crippen molar-refractivity contribution >= 4 is 28.2 Å². The molecule has 0 saturated carbocycles. The molecule has 2 amide bonds. The summed E-state index contributed by atoms with van der Waals surface area (Å²) in [5.41, 5.74) is 1.74. The normalized spacial score (nSPS) is 16.8. The van der Waals surface area contributed by atoms with Gasteiger partial charge in [-0.2, -0.15) is 0 Å². The van der Waals surface area contributed by atoms with E-state index in [0.29, 0.717) is 5.69 Å². The predicted octanol–water partition coefficient (Wildman–Crippen LogP) is 4.51. The quantitative estimate of drug-likeness (QED) is 0.628. The molecule has 27 heavy (non-hydrogen) atoms. The fourth-order valence-corrected chi connectivity index (χ4v) is 3.27. The van der Waals surface area contributed by atoms with Crippen molar-refractivity contribution in [3.63, 3.8) is 0 Å². The number of amides is 2. The molecule has 0 bridgehead atoms. The molecule has 2 heterocycles. The zero-order valence-corrected chi connectivity index (χ0v) is 14.4. The summed E-state index contributed by atoms with van der Waals surface area (Å²) in [4.78, 5) is 23.5. The maximum absolute atomic E-state index is 13.6. The van der Waals surface area contributed by atoms with Crippen LogP contribution in [0.1, 0.15) is 5.56 Å². The molecule has 1 aliphatic heterocycles. The molecule has 1 aliphatic rings. The fraction of sp³-hybridized carbons (Fsp3) is 0.150. The minimum atomic E-state index is -1.04. The van der Waals surface area contributed by atoms with E-state index in [4.69, 9.17) is 6.57 Å². The van der Waals surface area contributed by atoms with Gasteiger partial charge in [-0.1, -0.05) is 17.7 Å². The van der Waals surface area contributed by atoms with Gasteiger partial charge in [-0.25, -0.2) is 25.0 Å². The maximum Gasteiger partial charge on any atom is 0.335 e. The highest BCUT2D eigenvalue weighted by atomic mass is 19.2. The molecule has 1 aromatic heterocycles. The van der Waals surface area contributed by atoms with E-state index in [9.17, 15) is 13.6 Å². The standard InChI is InChI=1S/C20H14F2N4O/c1-12-3-4-13-9-24-10-18(15(13)7-12)26-19(23-2)11-25(20(26)27)14-5-6-16(21)17(22)8-14/h3-10,19H,11H2,1H3. The van der Waals surface area contributed by atoms with Gasteiger partial charge in [-0.05, 0) is 25.1 Å². The molecule has 1 fully saturated rings. The number of halogens is 2. The van der Waals surface area contributed by atoms with Crippen LogP contribution in [0.2, 0.25) is 0 Å². The van der Waals surface area contributed by atoms with Gasteiger partial charge in [0.2, 0.25) is 0 Å². The Morgan fingerprint density at radius 2 is 1.96 bits per heavy atom. The van der Waals surface area contributed by atoms with Crippen molar-refractivity contribution in [3.8, 4) is 0 Å². The Hall–Kier alpha value is -3.53. The Labute approximate surface area is 154 Å². The number of carbonyl (C=O) groups is 1. The van der Waals surface area contributed by atoms with Gasteiger partial charge in [0, 0.05) is 28.7 Å². The molecule has 0 aliphatic carbocycles. The molecule has 5 nitrogen and oxygen atoms in total. The van der Waals surface area contributed by atoms with Gasteiger partial charge in [0.15, 0.2) is 11.6 Å². The molecule has 1 atom stereocenters. The predicted molar refractivity (Wildman–Crippen MR) is 98.4 cm³/mol. The Morgan fingerprint density at radius 1 is 1.15 bits per heavy atom. The lowest BCUT2D eigenvalue weighted by Gasteiger charge is -2.19. The first-order chi connectivity index (χ1) is 13.0. The largest absolute Gasteiger partial charge is 0.335 e. The molecule has 7 heteroatoms. The van der Waals surface area contributed by atoms with Gasteiger partial charge in [-0.15, -0.1) is 0 Å². The molecule has 0 radical (unpaired) electrons. The number of fused-ring (bicyclic) bond motifs is 1. The molecule has 1 unspecified atom stereocenters. The van der Waals surface area contributed by atoms with Crippen LogP contribution in [0.4, 0.5) is 25.0 Å². The van der Waals surface area contributed by atoms with Gasteiger partial charge in [0.05, 0.1) is 11.9 Å². The first-order valence-corrected chi connectivity index (χ1v) is 8.26. The number of anilines is 2. The van der Waals surface area contributed by atoms with Crippen LogP contribution >= 0.6 is 0 Å². The number of carbonyl (C=O) groups excluding carboxylic acids is 1. The lowest BCUT2D eigenvalue weighted by atomic mass is 10.1. The lowest BCUT2D eigenvalue weighted by molar-refractivity contribution is 0.255. The molecular formula is C20H14F2N4O. The summed E-state index contributed by atoms with van der Waals surface area (Å²) in [5.74, 6) is -2.03. The van der Waals surface area contributed by atoms with Crippen LogP contribution in [-0.2, 0) is 0 Å². The monoisotopic (exact) mass is 364 g/mol. The van der Waals surface area contributed by atoms with Crippen molar-refractivity contribution in [2.45, 2.75) is 13.1 Å². The van der Waals surface area contributed by atoms with E-state index in [2.05, 4.69) is 9.83 Å². The second kappa shape index (κ2) is 6.32. The molecule has 134 valence electrons. The fourth-order valence-electron chi connectivity index (χ4n) is 3.27. The van der Waals surface area contributed by atoms with E-state index in [-0.39, 0.29) is 12.2 Å². The van der Waals surface area contributed by atoms with Gasteiger partial charge < -0.3 is 0 Å². The van der Waals surface area contributed by atoms with Gasteiger partial charge >= 0.3 is 12.2 Å². The summed E-state index contributed by atoms with van der Waals surface area (Å²) < 4.78 is 26.8. The molecule has 3 aromatic rings. The summed E-state index contributed by atoms with van der Waals surface area (Å²) in [6.07, 6.45) is 2.45. The molecule has 0 N–H and O–H groups in total. The van der Waals surface area contributed by atoms with Crippen molar-refractivity contribution in [2.24, 2.45) is 0 Å². The van der Waals surface area contributed by atoms with Crippen molar-refractivity contribution < 1.29 is 13.6 Å². The number of benzene rings is 2. The highest BCUT2D eigenvalue weighted by Gasteiger charge is 2.44. The summed E-state index contributed by atoms with van der Waals surface area (Å²) in [6.45, 7) is 9.49. The minimum absolute atomic E-state index is 0.0512. The van der Waals surface area contributed by atoms with Crippen LogP contribution < -0.4 is 9.80 Å². The van der Waals surface area contributed by atoms with Crippen LogP contribution in [0.25, 0.3) is 15.6 Å². The number of urea groups is 1. The van der Waals surface area contributed by atoms with E-state index in [0.717, 1.165) is 28.5 Å². The highest BCUT2D eigenvalue weighted by molar-refractivity contribution is 6.11. The number of aryl methyl sites for hydroxylation is 1. The Balaban J connectivity index is 1.81. The Morgan fingerprint density at radius 3 is 2.70 bits per heavy atom. The van der Waals surface area contributed by atoms with E-state index < -0.39 is 23.8 Å². The van der Waals surface area contributed by atoms with Gasteiger partial charge in [0.25, 0.3) is 0 Å². The average Bonchev–Trinajstić information content (AvgIpc) is 3.00. The minimum Gasteiger partial charge on any atom is -0.287 e. The van der Waals surface area contributed by atoms with Crippen LogP contribution in [0, 0.1) is 25.1 Å². The first-order valence-electron chi connectivity index (χ1n) is 8.26. The highest BCUT2D eigenvalue weighted by Crippen LogP contribution is 2.34. The summed E-state index contributed by atoms with van der Waals surface area (Å²) in [6, 6.07) is 8.56. The van der Waals surface area contributed by atoms with Crippen molar-refractivity contribution in [3.05, 3.63) is 77.4 Å². The topological polar surface area (TPSA) is 40.8 Å². The van der Waals surface area contributed by atoms with Gasteiger partial charge in [-0.3, -0.25) is 14.7 Å². The number of hydrogen-bond donors (Lipinski definition) is 0. The zero-order chi connectivity index (χ0) is 19.1. The van der Waals surface area contributed by atoms with E-state index >= 15 is 0 Å². The van der Waals surface area contributed by atoms with Crippen LogP contribution in [0.5, 0.6) is 0 Å². The third-order valence-corrected chi connectivity index (χ3v) is 4.60. The first kappa shape index (κ1) is 16.9. The van der Waals surface area contributed by atoms with Gasteiger partial charge in [0.1, 0.15) is 6.54 Å². The number of nitrogens with zero attached hydrogens (tertiary/aromatic N) is 4. The number of hydrogen-bond acceptors (Lipinski definition) is 2.